The van der Waals surface area contributed by atoms with Crippen molar-refractivity contribution in [3.63, 3.8) is 0 Å². The van der Waals surface area contributed by atoms with Gasteiger partial charge in [0.2, 0.25) is 10.0 Å². The van der Waals surface area contributed by atoms with Crippen molar-refractivity contribution in [1.82, 2.24) is 4.31 Å². The number of methoxy groups -OCH3 is 1. The van der Waals surface area contributed by atoms with Gasteiger partial charge < -0.3 is 4.74 Å². The van der Waals surface area contributed by atoms with Gasteiger partial charge in [-0.1, -0.05) is 12.1 Å². The lowest BCUT2D eigenvalue weighted by atomic mass is 10.1. The molecule has 1 heterocycles. The highest BCUT2D eigenvalue weighted by atomic mass is 32.2. The Kier molecular flexibility index (Phi) is 4.76. The van der Waals surface area contributed by atoms with Gasteiger partial charge in [0.05, 0.1) is 23.5 Å². The minimum absolute atomic E-state index is 0.0241. The van der Waals surface area contributed by atoms with Crippen LogP contribution in [0, 0.1) is 11.3 Å². The number of rotatable bonds is 4. The largest absolute Gasteiger partial charge is 0.380 e. The zero-order valence-electron chi connectivity index (χ0n) is 11.4. The van der Waals surface area contributed by atoms with Crippen molar-refractivity contribution in [1.29, 1.82) is 5.26 Å². The van der Waals surface area contributed by atoms with E-state index in [1.807, 2.05) is 6.07 Å². The quantitative estimate of drug-likeness (QED) is 0.843. The molecule has 108 valence electrons. The number of hydrogen-bond acceptors (Lipinski definition) is 4. The summed E-state index contributed by atoms with van der Waals surface area (Å²) in [5.74, 6) is -0.0705. The lowest BCUT2D eigenvalue weighted by molar-refractivity contribution is 0.0571. The van der Waals surface area contributed by atoms with Crippen LogP contribution in [0.4, 0.5) is 0 Å². The summed E-state index contributed by atoms with van der Waals surface area (Å²) in [6.07, 6.45) is 1.69. The molecule has 0 spiro atoms. The maximum atomic E-state index is 12.4. The fraction of sp³-hybridized carbons (Fsp3) is 0.500. The standard InChI is InChI=1S/C14H18N2O3S/c1-19-14-6-3-7-16(10-14)20(17,18)11-13-5-2-4-12(8-13)9-15/h2,4-5,8,14H,3,6-7,10-11H2,1H3. The van der Waals surface area contributed by atoms with E-state index in [2.05, 4.69) is 0 Å². The predicted molar refractivity (Wildman–Crippen MR) is 75.4 cm³/mol. The summed E-state index contributed by atoms with van der Waals surface area (Å²) < 4.78 is 31.6. The summed E-state index contributed by atoms with van der Waals surface area (Å²) in [5.41, 5.74) is 1.12. The van der Waals surface area contributed by atoms with Crippen molar-refractivity contribution in [3.8, 4) is 6.07 Å². The Balaban J connectivity index is 2.12. The SMILES string of the molecule is COC1CCCN(S(=O)(=O)Cc2cccc(C#N)c2)C1. The number of hydrogen-bond donors (Lipinski definition) is 0. The molecule has 1 saturated heterocycles. The van der Waals surface area contributed by atoms with Crippen LogP contribution in [0.5, 0.6) is 0 Å². The molecule has 1 fully saturated rings. The van der Waals surface area contributed by atoms with Crippen LogP contribution in [0.15, 0.2) is 24.3 Å². The van der Waals surface area contributed by atoms with Crippen LogP contribution in [-0.2, 0) is 20.5 Å². The average molecular weight is 294 g/mol. The molecule has 0 saturated carbocycles. The third-order valence-electron chi connectivity index (χ3n) is 3.47. The topological polar surface area (TPSA) is 70.4 Å². The molecule has 2 rings (SSSR count). The summed E-state index contributed by atoms with van der Waals surface area (Å²) in [7, 11) is -1.75. The Bertz CT molecular complexity index is 607. The molecular weight excluding hydrogens is 276 g/mol. The lowest BCUT2D eigenvalue weighted by Gasteiger charge is -2.31. The second kappa shape index (κ2) is 6.35. The summed E-state index contributed by atoms with van der Waals surface area (Å²) in [6, 6.07) is 8.74. The Labute approximate surface area is 119 Å². The van der Waals surface area contributed by atoms with E-state index in [0.717, 1.165) is 12.8 Å². The highest BCUT2D eigenvalue weighted by Gasteiger charge is 2.28. The number of nitrogens with zero attached hydrogens (tertiary/aromatic N) is 2. The van der Waals surface area contributed by atoms with Gasteiger partial charge in [-0.2, -0.15) is 9.57 Å². The molecule has 1 aromatic rings. The van der Waals surface area contributed by atoms with Gasteiger partial charge in [0.25, 0.3) is 0 Å². The van der Waals surface area contributed by atoms with E-state index in [4.69, 9.17) is 10.00 Å². The molecule has 1 aromatic carbocycles. The second-order valence-electron chi connectivity index (χ2n) is 4.93. The Hall–Kier alpha value is -1.42. The van der Waals surface area contributed by atoms with Crippen molar-refractivity contribution in [2.45, 2.75) is 24.7 Å². The predicted octanol–water partition coefficient (Wildman–Crippen LogP) is 1.50. The zero-order valence-corrected chi connectivity index (χ0v) is 12.3. The fourth-order valence-electron chi connectivity index (χ4n) is 2.38. The van der Waals surface area contributed by atoms with Crippen LogP contribution in [0.2, 0.25) is 0 Å². The second-order valence-corrected chi connectivity index (χ2v) is 6.90. The van der Waals surface area contributed by atoms with E-state index in [1.54, 1.807) is 31.4 Å². The van der Waals surface area contributed by atoms with E-state index in [0.29, 0.717) is 24.2 Å². The first kappa shape index (κ1) is 15.0. The molecule has 0 N–H and O–H groups in total. The van der Waals surface area contributed by atoms with E-state index < -0.39 is 10.0 Å². The minimum atomic E-state index is -3.36. The van der Waals surface area contributed by atoms with Crippen molar-refractivity contribution < 1.29 is 13.2 Å². The summed E-state index contributed by atoms with van der Waals surface area (Å²) in [5, 5.41) is 8.85. The third kappa shape index (κ3) is 3.57. The van der Waals surface area contributed by atoms with Gasteiger partial charge in [-0.3, -0.25) is 0 Å². The molecule has 6 heteroatoms. The maximum Gasteiger partial charge on any atom is 0.218 e. The van der Waals surface area contributed by atoms with Gasteiger partial charge in [-0.15, -0.1) is 0 Å². The lowest BCUT2D eigenvalue weighted by Crippen LogP contribution is -2.43. The van der Waals surface area contributed by atoms with Crippen LogP contribution in [-0.4, -0.2) is 39.0 Å². The molecule has 0 aliphatic carbocycles. The molecule has 1 unspecified atom stereocenters. The maximum absolute atomic E-state index is 12.4. The van der Waals surface area contributed by atoms with Crippen molar-refractivity contribution >= 4 is 10.0 Å². The number of ether oxygens (including phenoxy) is 1. The number of benzene rings is 1. The summed E-state index contributed by atoms with van der Waals surface area (Å²) >= 11 is 0. The minimum Gasteiger partial charge on any atom is -0.380 e. The number of piperidine rings is 1. The van der Waals surface area contributed by atoms with Crippen LogP contribution in [0.25, 0.3) is 0 Å². The van der Waals surface area contributed by atoms with Crippen LogP contribution in [0.3, 0.4) is 0 Å². The number of sulfonamides is 1. The average Bonchev–Trinajstić information content (AvgIpc) is 2.47. The van der Waals surface area contributed by atoms with Crippen molar-refractivity contribution in [2.75, 3.05) is 20.2 Å². The molecule has 1 atom stereocenters. The number of nitriles is 1. The molecule has 1 aliphatic rings. The molecule has 0 aromatic heterocycles. The van der Waals surface area contributed by atoms with E-state index in [1.165, 1.54) is 4.31 Å². The first-order valence-corrected chi connectivity index (χ1v) is 8.16. The Morgan fingerprint density at radius 2 is 2.30 bits per heavy atom. The van der Waals surface area contributed by atoms with E-state index >= 15 is 0 Å². The Morgan fingerprint density at radius 3 is 3.00 bits per heavy atom. The van der Waals surface area contributed by atoms with Crippen molar-refractivity contribution in [2.24, 2.45) is 0 Å². The normalized spacial score (nSPS) is 20.5. The molecule has 1 aliphatic heterocycles. The monoisotopic (exact) mass is 294 g/mol. The van der Waals surface area contributed by atoms with E-state index in [-0.39, 0.29) is 11.9 Å². The first-order valence-electron chi connectivity index (χ1n) is 6.55. The molecular formula is C14H18N2O3S. The first-order chi connectivity index (χ1) is 9.55. The summed E-state index contributed by atoms with van der Waals surface area (Å²) in [4.78, 5) is 0. The molecule has 0 bridgehead atoms. The molecule has 0 amide bonds. The van der Waals surface area contributed by atoms with Gasteiger partial charge in [-0.05, 0) is 30.5 Å². The molecule has 5 nitrogen and oxygen atoms in total. The molecule has 0 radical (unpaired) electrons. The van der Waals surface area contributed by atoms with Gasteiger partial charge in [0, 0.05) is 20.2 Å². The van der Waals surface area contributed by atoms with Gasteiger partial charge in [-0.25, -0.2) is 8.42 Å². The van der Waals surface area contributed by atoms with Crippen LogP contribution < -0.4 is 0 Å². The van der Waals surface area contributed by atoms with Gasteiger partial charge in [0.1, 0.15) is 0 Å². The summed E-state index contributed by atoms with van der Waals surface area (Å²) in [6.45, 7) is 0.955. The Morgan fingerprint density at radius 1 is 1.50 bits per heavy atom. The van der Waals surface area contributed by atoms with Crippen molar-refractivity contribution in [3.05, 3.63) is 35.4 Å². The van der Waals surface area contributed by atoms with Gasteiger partial charge in [0.15, 0.2) is 0 Å². The molecule has 20 heavy (non-hydrogen) atoms. The smallest absolute Gasteiger partial charge is 0.218 e. The third-order valence-corrected chi connectivity index (χ3v) is 5.29. The fourth-order valence-corrected chi connectivity index (χ4v) is 3.97. The van der Waals surface area contributed by atoms with Crippen LogP contribution in [0.1, 0.15) is 24.0 Å². The van der Waals surface area contributed by atoms with Gasteiger partial charge >= 0.3 is 0 Å². The van der Waals surface area contributed by atoms with Crippen LogP contribution >= 0.6 is 0 Å². The zero-order chi connectivity index (χ0) is 14.6. The highest BCUT2D eigenvalue weighted by molar-refractivity contribution is 7.88. The highest BCUT2D eigenvalue weighted by Crippen LogP contribution is 2.19. The van der Waals surface area contributed by atoms with E-state index in [9.17, 15) is 8.42 Å².